The molecule has 172 valence electrons. The van der Waals surface area contributed by atoms with Crippen molar-refractivity contribution < 1.29 is 40.4 Å². The number of hydrogen-bond donors (Lipinski definition) is 0. The summed E-state index contributed by atoms with van der Waals surface area (Å²) in [6.45, 7) is 2.79. The lowest BCUT2D eigenvalue weighted by molar-refractivity contribution is -0.0505. The van der Waals surface area contributed by atoms with Crippen LogP contribution < -0.4 is 9.47 Å². The zero-order chi connectivity index (χ0) is 23.0. The molecule has 1 aromatic rings. The predicted molar refractivity (Wildman–Crippen MR) is 107 cm³/mol. The highest BCUT2D eigenvalue weighted by molar-refractivity contribution is 7.86. The summed E-state index contributed by atoms with van der Waals surface area (Å²) in [5, 5.41) is 0. The van der Waals surface area contributed by atoms with Crippen LogP contribution in [0.3, 0.4) is 0 Å². The van der Waals surface area contributed by atoms with Gasteiger partial charge in [-0.25, -0.2) is 4.79 Å². The molecule has 1 spiro atoms. The van der Waals surface area contributed by atoms with Crippen molar-refractivity contribution in [1.29, 1.82) is 0 Å². The van der Waals surface area contributed by atoms with Crippen molar-refractivity contribution in [3.8, 4) is 11.5 Å². The van der Waals surface area contributed by atoms with E-state index < -0.39 is 34.0 Å². The van der Waals surface area contributed by atoms with Crippen molar-refractivity contribution in [3.05, 3.63) is 29.8 Å². The molecule has 1 aromatic carbocycles. The molecule has 1 fully saturated rings. The second kappa shape index (κ2) is 8.18. The molecule has 0 aliphatic carbocycles. The molecule has 0 aromatic heterocycles. The maximum absolute atomic E-state index is 12.8. The van der Waals surface area contributed by atoms with Crippen molar-refractivity contribution >= 4 is 22.0 Å². The molecule has 1 amide bonds. The zero-order valence-corrected chi connectivity index (χ0v) is 18.5. The molecule has 0 saturated carbocycles. The van der Waals surface area contributed by atoms with Crippen LogP contribution in [-0.2, 0) is 19.0 Å². The first-order valence-electron chi connectivity index (χ1n) is 9.64. The fourth-order valence-corrected chi connectivity index (χ4v) is 3.92. The Labute approximate surface area is 179 Å². The van der Waals surface area contributed by atoms with Gasteiger partial charge in [0.05, 0.1) is 6.26 Å². The zero-order valence-electron chi connectivity index (χ0n) is 17.7. The van der Waals surface area contributed by atoms with Crippen molar-refractivity contribution in [2.75, 3.05) is 19.3 Å². The van der Waals surface area contributed by atoms with Gasteiger partial charge in [-0.2, -0.15) is 17.2 Å². The molecule has 3 rings (SSSR count). The maximum atomic E-state index is 12.8. The van der Waals surface area contributed by atoms with Gasteiger partial charge in [-0.3, -0.25) is 0 Å². The number of rotatable bonds is 4. The minimum atomic E-state index is -3.96. The first-order chi connectivity index (χ1) is 14.3. The van der Waals surface area contributed by atoms with Crippen molar-refractivity contribution in [2.45, 2.75) is 51.4 Å². The molecule has 2 aliphatic rings. The number of carbonyl (C=O) groups is 1. The molecule has 8 nitrogen and oxygen atoms in total. The van der Waals surface area contributed by atoms with Crippen molar-refractivity contribution in [2.24, 2.45) is 0 Å². The van der Waals surface area contributed by atoms with Gasteiger partial charge in [-0.15, -0.1) is 0 Å². The minimum absolute atomic E-state index is 0.00609. The Morgan fingerprint density at radius 3 is 2.42 bits per heavy atom. The molecule has 0 N–H and O–H groups in total. The Morgan fingerprint density at radius 1 is 1.23 bits per heavy atom. The maximum Gasteiger partial charge on any atom is 0.410 e. The molecule has 0 unspecified atom stereocenters. The number of alkyl halides is 2. The van der Waals surface area contributed by atoms with E-state index in [0.717, 1.165) is 6.26 Å². The SMILES string of the molecule is CC(C)(C)OC(=O)N1CCC2(C=C(OS(C)(=O)=O)c3c(OC(F)F)cccc3O2)CC1. The molecular formula is C20H25F2NO7S. The van der Waals surface area contributed by atoms with Crippen LogP contribution in [0, 0.1) is 0 Å². The van der Waals surface area contributed by atoms with Crippen LogP contribution in [0.2, 0.25) is 0 Å². The normalized spacial score (nSPS) is 18.2. The standard InChI is InChI=1S/C20H25F2NO7S/c1-19(2,3)29-18(24)23-10-8-20(9-11-23)12-15(30-31(4,25)26)16-13(27-17(21)22)6-5-7-14(16)28-20/h5-7,12,17H,8-11H2,1-4H3. The van der Waals surface area contributed by atoms with Gasteiger partial charge >= 0.3 is 22.8 Å². The molecule has 0 bridgehead atoms. The highest BCUT2D eigenvalue weighted by Crippen LogP contribution is 2.46. The van der Waals surface area contributed by atoms with E-state index in [1.165, 1.54) is 29.2 Å². The summed E-state index contributed by atoms with van der Waals surface area (Å²) in [5.41, 5.74) is -1.62. The van der Waals surface area contributed by atoms with E-state index in [1.54, 1.807) is 20.8 Å². The number of carbonyl (C=O) groups excluding carboxylic acids is 1. The van der Waals surface area contributed by atoms with E-state index in [4.69, 9.17) is 13.7 Å². The summed E-state index contributed by atoms with van der Waals surface area (Å²) in [5.74, 6) is -0.251. The number of hydrogen-bond acceptors (Lipinski definition) is 7. The smallest absolute Gasteiger partial charge is 0.410 e. The van der Waals surface area contributed by atoms with Crippen LogP contribution in [0.25, 0.3) is 5.76 Å². The van der Waals surface area contributed by atoms with Gasteiger partial charge in [0.25, 0.3) is 0 Å². The quantitative estimate of drug-likeness (QED) is 0.631. The third-order valence-corrected chi connectivity index (χ3v) is 5.14. The second-order valence-electron chi connectivity index (χ2n) is 8.44. The average molecular weight is 461 g/mol. The van der Waals surface area contributed by atoms with Crippen LogP contribution in [0.1, 0.15) is 39.2 Å². The highest BCUT2D eigenvalue weighted by atomic mass is 32.2. The Hall–Kier alpha value is -2.56. The molecule has 2 heterocycles. The topological polar surface area (TPSA) is 91.4 Å². The first kappa shape index (κ1) is 23.1. The van der Waals surface area contributed by atoms with Gasteiger partial charge in [0, 0.05) is 32.0 Å². The Balaban J connectivity index is 1.90. The lowest BCUT2D eigenvalue weighted by Crippen LogP contribution is -2.50. The number of fused-ring (bicyclic) bond motifs is 1. The average Bonchev–Trinajstić information content (AvgIpc) is 2.58. The van der Waals surface area contributed by atoms with E-state index in [0.29, 0.717) is 25.9 Å². The molecule has 0 atom stereocenters. The molecule has 31 heavy (non-hydrogen) atoms. The Kier molecular flexibility index (Phi) is 6.09. The predicted octanol–water partition coefficient (Wildman–Crippen LogP) is 3.77. The number of amides is 1. The van der Waals surface area contributed by atoms with Crippen molar-refractivity contribution in [1.82, 2.24) is 4.90 Å². The van der Waals surface area contributed by atoms with Crippen LogP contribution in [0.4, 0.5) is 13.6 Å². The van der Waals surface area contributed by atoms with E-state index in [1.807, 2.05) is 0 Å². The van der Waals surface area contributed by atoms with E-state index in [2.05, 4.69) is 4.74 Å². The fourth-order valence-electron chi connectivity index (χ4n) is 3.46. The third kappa shape index (κ3) is 5.78. The van der Waals surface area contributed by atoms with Gasteiger partial charge in [-0.05, 0) is 32.9 Å². The van der Waals surface area contributed by atoms with Crippen LogP contribution >= 0.6 is 0 Å². The number of piperidine rings is 1. The molecule has 11 heteroatoms. The summed E-state index contributed by atoms with van der Waals surface area (Å²) in [4.78, 5) is 13.9. The van der Waals surface area contributed by atoms with E-state index in [9.17, 15) is 22.0 Å². The number of nitrogens with zero attached hydrogens (tertiary/aromatic N) is 1. The number of halogens is 2. The number of likely N-dealkylation sites (tertiary alicyclic amines) is 1. The highest BCUT2D eigenvalue weighted by Gasteiger charge is 2.42. The van der Waals surface area contributed by atoms with E-state index in [-0.39, 0.29) is 22.8 Å². The molecule has 2 aliphatic heterocycles. The lowest BCUT2D eigenvalue weighted by Gasteiger charge is -2.42. The minimum Gasteiger partial charge on any atom is -0.482 e. The Morgan fingerprint density at radius 2 is 1.87 bits per heavy atom. The fraction of sp³-hybridized carbons (Fsp3) is 0.550. The monoisotopic (exact) mass is 461 g/mol. The van der Waals surface area contributed by atoms with Crippen molar-refractivity contribution in [3.63, 3.8) is 0 Å². The summed E-state index contributed by atoms with van der Waals surface area (Å²) in [6.07, 6.45) is 2.51. The molecular weight excluding hydrogens is 436 g/mol. The number of benzene rings is 1. The first-order valence-corrected chi connectivity index (χ1v) is 11.5. The van der Waals surface area contributed by atoms with Gasteiger partial charge in [0.15, 0.2) is 5.76 Å². The van der Waals surface area contributed by atoms with E-state index >= 15 is 0 Å². The second-order valence-corrected chi connectivity index (χ2v) is 10.0. The molecule has 0 radical (unpaired) electrons. The summed E-state index contributed by atoms with van der Waals surface area (Å²) < 4.78 is 70.5. The van der Waals surface area contributed by atoms with Gasteiger partial charge in [0.1, 0.15) is 28.3 Å². The van der Waals surface area contributed by atoms with Crippen LogP contribution in [0.15, 0.2) is 24.3 Å². The molecule has 1 saturated heterocycles. The number of ether oxygens (including phenoxy) is 3. The summed E-state index contributed by atoms with van der Waals surface area (Å²) >= 11 is 0. The summed E-state index contributed by atoms with van der Waals surface area (Å²) in [7, 11) is -3.96. The van der Waals surface area contributed by atoms with Crippen LogP contribution in [0.5, 0.6) is 11.5 Å². The lowest BCUT2D eigenvalue weighted by atomic mass is 9.87. The van der Waals surface area contributed by atoms with Gasteiger partial charge in [-0.1, -0.05) is 6.07 Å². The van der Waals surface area contributed by atoms with Crippen LogP contribution in [-0.4, -0.2) is 56.6 Å². The van der Waals surface area contributed by atoms with Gasteiger partial charge in [0.2, 0.25) is 0 Å². The third-order valence-electron chi connectivity index (χ3n) is 4.66. The largest absolute Gasteiger partial charge is 0.482 e. The summed E-state index contributed by atoms with van der Waals surface area (Å²) in [6, 6.07) is 4.26. The Bertz CT molecular complexity index is 978. The van der Waals surface area contributed by atoms with Gasteiger partial charge < -0.3 is 23.3 Å².